The lowest BCUT2D eigenvalue weighted by Gasteiger charge is -2.09. The molecule has 0 amide bonds. The van der Waals surface area contributed by atoms with Crippen LogP contribution in [0.4, 0.5) is 0 Å². The second-order valence-electron chi connectivity index (χ2n) is 4.26. The Labute approximate surface area is 110 Å². The molecule has 1 aromatic carbocycles. The summed E-state index contributed by atoms with van der Waals surface area (Å²) in [5.41, 5.74) is 2.60. The van der Waals surface area contributed by atoms with Crippen molar-refractivity contribution in [3.8, 4) is 11.8 Å². The fourth-order valence-electron chi connectivity index (χ4n) is 1.91. The quantitative estimate of drug-likeness (QED) is 0.717. The van der Waals surface area contributed by atoms with Crippen molar-refractivity contribution >= 4 is 0 Å². The highest BCUT2D eigenvalue weighted by Crippen LogP contribution is 2.20. The molecular formula is C15H22N2O. The smallest absolute Gasteiger partial charge is 0.122 e. The van der Waals surface area contributed by atoms with Crippen LogP contribution in [0.5, 0.6) is 5.75 Å². The van der Waals surface area contributed by atoms with Crippen molar-refractivity contribution in [3.05, 3.63) is 29.3 Å². The van der Waals surface area contributed by atoms with E-state index in [9.17, 15) is 0 Å². The van der Waals surface area contributed by atoms with Crippen LogP contribution in [0.15, 0.2) is 18.2 Å². The minimum Gasteiger partial charge on any atom is -0.496 e. The fourth-order valence-corrected chi connectivity index (χ4v) is 1.91. The number of hydrogen-bond donors (Lipinski definition) is 1. The van der Waals surface area contributed by atoms with Gasteiger partial charge in [0.15, 0.2) is 0 Å². The van der Waals surface area contributed by atoms with Gasteiger partial charge in [-0.1, -0.05) is 19.1 Å². The monoisotopic (exact) mass is 246 g/mol. The van der Waals surface area contributed by atoms with Crippen molar-refractivity contribution in [1.29, 1.82) is 5.26 Å². The third-order valence-corrected chi connectivity index (χ3v) is 2.96. The summed E-state index contributed by atoms with van der Waals surface area (Å²) in [6.45, 7) is 4.02. The number of unbranched alkanes of at least 4 members (excludes halogenated alkanes) is 1. The van der Waals surface area contributed by atoms with E-state index < -0.39 is 0 Å². The molecule has 3 heteroatoms. The lowest BCUT2D eigenvalue weighted by atomic mass is 10.1. The zero-order chi connectivity index (χ0) is 13.2. The highest BCUT2D eigenvalue weighted by Gasteiger charge is 2.02. The van der Waals surface area contributed by atoms with E-state index in [0.29, 0.717) is 6.42 Å². The maximum Gasteiger partial charge on any atom is 0.122 e. The third-order valence-electron chi connectivity index (χ3n) is 2.96. The molecule has 0 heterocycles. The van der Waals surface area contributed by atoms with E-state index in [2.05, 4.69) is 30.4 Å². The van der Waals surface area contributed by atoms with Crippen LogP contribution in [0.3, 0.4) is 0 Å². The summed E-state index contributed by atoms with van der Waals surface area (Å²) in [6.07, 6.45) is 3.57. The first kappa shape index (κ1) is 14.5. The van der Waals surface area contributed by atoms with Gasteiger partial charge in [-0.05, 0) is 49.5 Å². The highest BCUT2D eigenvalue weighted by atomic mass is 16.5. The summed E-state index contributed by atoms with van der Waals surface area (Å²) < 4.78 is 5.31. The predicted molar refractivity (Wildman–Crippen MR) is 73.8 cm³/mol. The van der Waals surface area contributed by atoms with Gasteiger partial charge in [0, 0.05) is 6.42 Å². The largest absolute Gasteiger partial charge is 0.496 e. The van der Waals surface area contributed by atoms with E-state index in [1.807, 2.05) is 6.07 Å². The average molecular weight is 246 g/mol. The van der Waals surface area contributed by atoms with Crippen LogP contribution in [0.1, 0.15) is 30.9 Å². The maximum absolute atomic E-state index is 8.42. The molecule has 0 aliphatic carbocycles. The Balaban J connectivity index is 2.36. The first-order chi connectivity index (χ1) is 8.81. The molecule has 0 saturated carbocycles. The van der Waals surface area contributed by atoms with Gasteiger partial charge in [-0.15, -0.1) is 0 Å². The number of aryl methyl sites for hydroxylation is 1. The summed E-state index contributed by atoms with van der Waals surface area (Å²) >= 11 is 0. The summed E-state index contributed by atoms with van der Waals surface area (Å²) in [4.78, 5) is 0. The molecule has 0 aliphatic heterocycles. The Morgan fingerprint density at radius 2 is 2.17 bits per heavy atom. The van der Waals surface area contributed by atoms with E-state index in [0.717, 1.165) is 38.1 Å². The van der Waals surface area contributed by atoms with Crippen molar-refractivity contribution in [2.45, 2.75) is 32.6 Å². The van der Waals surface area contributed by atoms with Gasteiger partial charge in [-0.3, -0.25) is 0 Å². The van der Waals surface area contributed by atoms with Crippen molar-refractivity contribution in [2.75, 3.05) is 20.2 Å². The number of rotatable bonds is 8. The number of hydrogen-bond acceptors (Lipinski definition) is 3. The molecule has 0 aliphatic rings. The maximum atomic E-state index is 8.42. The van der Waals surface area contributed by atoms with Gasteiger partial charge in [0.05, 0.1) is 13.2 Å². The number of nitrogens with one attached hydrogen (secondary N) is 1. The van der Waals surface area contributed by atoms with Gasteiger partial charge in [-0.25, -0.2) is 0 Å². The van der Waals surface area contributed by atoms with E-state index >= 15 is 0 Å². The van der Waals surface area contributed by atoms with Crippen LogP contribution >= 0.6 is 0 Å². The summed E-state index contributed by atoms with van der Waals surface area (Å²) in [6, 6.07) is 8.53. The Kier molecular flexibility index (Phi) is 6.90. The molecule has 98 valence electrons. The van der Waals surface area contributed by atoms with E-state index in [1.54, 1.807) is 7.11 Å². The third kappa shape index (κ3) is 4.77. The topological polar surface area (TPSA) is 45.0 Å². The number of ether oxygens (including phenoxy) is 1. The summed E-state index contributed by atoms with van der Waals surface area (Å²) in [5, 5.41) is 11.8. The molecule has 1 aromatic rings. The zero-order valence-corrected chi connectivity index (χ0v) is 11.3. The molecule has 0 saturated heterocycles. The van der Waals surface area contributed by atoms with E-state index in [-0.39, 0.29) is 0 Å². The van der Waals surface area contributed by atoms with Crippen LogP contribution < -0.4 is 10.1 Å². The predicted octanol–water partition coefficient (Wildman–Crippen LogP) is 2.69. The molecular weight excluding hydrogens is 224 g/mol. The molecule has 0 radical (unpaired) electrons. The summed E-state index contributed by atoms with van der Waals surface area (Å²) in [5.74, 6) is 0.975. The fraction of sp³-hybridized carbons (Fsp3) is 0.533. The van der Waals surface area contributed by atoms with Crippen LogP contribution in [-0.4, -0.2) is 20.2 Å². The SMILES string of the molecule is CCc1cc(CCNCCCC#N)ccc1OC. The van der Waals surface area contributed by atoms with Crippen LogP contribution in [0.25, 0.3) is 0 Å². The van der Waals surface area contributed by atoms with Gasteiger partial charge in [0.2, 0.25) is 0 Å². The number of nitriles is 1. The average Bonchev–Trinajstić information content (AvgIpc) is 2.42. The molecule has 18 heavy (non-hydrogen) atoms. The van der Waals surface area contributed by atoms with Gasteiger partial charge < -0.3 is 10.1 Å². The van der Waals surface area contributed by atoms with Crippen LogP contribution in [0.2, 0.25) is 0 Å². The Morgan fingerprint density at radius 1 is 1.33 bits per heavy atom. The van der Waals surface area contributed by atoms with Crippen molar-refractivity contribution in [2.24, 2.45) is 0 Å². The normalized spacial score (nSPS) is 10.1. The number of nitrogens with zero attached hydrogens (tertiary/aromatic N) is 1. The molecule has 3 nitrogen and oxygen atoms in total. The van der Waals surface area contributed by atoms with Gasteiger partial charge in [0.25, 0.3) is 0 Å². The lowest BCUT2D eigenvalue weighted by molar-refractivity contribution is 0.410. The zero-order valence-electron chi connectivity index (χ0n) is 11.3. The first-order valence-corrected chi connectivity index (χ1v) is 6.55. The van der Waals surface area contributed by atoms with Gasteiger partial charge in [0.1, 0.15) is 5.75 Å². The van der Waals surface area contributed by atoms with Crippen molar-refractivity contribution < 1.29 is 4.74 Å². The first-order valence-electron chi connectivity index (χ1n) is 6.55. The van der Waals surface area contributed by atoms with E-state index in [1.165, 1.54) is 11.1 Å². The standard InChI is InChI=1S/C15H22N2O/c1-3-14-12-13(6-7-15(14)18-2)8-11-17-10-5-4-9-16/h6-7,12,17H,3-5,8,10-11H2,1-2H3. The van der Waals surface area contributed by atoms with Crippen LogP contribution in [-0.2, 0) is 12.8 Å². The molecule has 0 atom stereocenters. The highest BCUT2D eigenvalue weighted by molar-refractivity contribution is 5.37. The Bertz CT molecular complexity index is 396. The summed E-state index contributed by atoms with van der Waals surface area (Å²) in [7, 11) is 1.71. The molecule has 1 rings (SSSR count). The minimum absolute atomic E-state index is 0.634. The minimum atomic E-state index is 0.634. The second-order valence-corrected chi connectivity index (χ2v) is 4.26. The number of benzene rings is 1. The van der Waals surface area contributed by atoms with Crippen molar-refractivity contribution in [1.82, 2.24) is 5.32 Å². The van der Waals surface area contributed by atoms with Gasteiger partial charge in [-0.2, -0.15) is 5.26 Å². The molecule has 0 fully saturated rings. The Morgan fingerprint density at radius 3 is 2.83 bits per heavy atom. The molecule has 0 spiro atoms. The van der Waals surface area contributed by atoms with Crippen LogP contribution in [0, 0.1) is 11.3 Å². The molecule has 0 bridgehead atoms. The second kappa shape index (κ2) is 8.54. The number of methoxy groups -OCH3 is 1. The molecule has 0 unspecified atom stereocenters. The lowest BCUT2D eigenvalue weighted by Crippen LogP contribution is -2.18. The molecule has 1 N–H and O–H groups in total. The van der Waals surface area contributed by atoms with E-state index in [4.69, 9.17) is 10.00 Å². The Hall–Kier alpha value is -1.53. The van der Waals surface area contributed by atoms with Crippen molar-refractivity contribution in [3.63, 3.8) is 0 Å². The molecule has 0 aromatic heterocycles. The van der Waals surface area contributed by atoms with Gasteiger partial charge >= 0.3 is 0 Å².